The largest absolute Gasteiger partial charge is 0.475 e. The number of aromatic nitrogens is 4. The molecule has 0 radical (unpaired) electrons. The van der Waals surface area contributed by atoms with E-state index in [9.17, 15) is 4.57 Å². The van der Waals surface area contributed by atoms with Crippen molar-refractivity contribution in [2.24, 2.45) is 5.73 Å². The van der Waals surface area contributed by atoms with Crippen molar-refractivity contribution in [3.8, 4) is 0 Å². The first-order valence-electron chi connectivity index (χ1n) is 8.21. The molecule has 4 N–H and O–H groups in total. The van der Waals surface area contributed by atoms with Crippen LogP contribution in [-0.4, -0.2) is 50.0 Å². The standard InChI is InChI=1S/C14H21N6O5P/c1-7(2)24-26(21)22-5-9-11(25-26)14(3,16)10(23-9)8-4-19-20-12(8)17-6-18-13(20)15/h4,6-7,9-11H,5,16H2,1-3H3,(H2,15,17,18)/t9-,10+,11-,14+,26?/m1/s1. The lowest BCUT2D eigenvalue weighted by atomic mass is 9.87. The molecule has 2 fully saturated rings. The first-order chi connectivity index (χ1) is 12.2. The van der Waals surface area contributed by atoms with E-state index in [1.165, 1.54) is 10.8 Å². The van der Waals surface area contributed by atoms with Gasteiger partial charge in [-0.3, -0.25) is 13.6 Å². The molecule has 0 bridgehead atoms. The van der Waals surface area contributed by atoms with Crippen molar-refractivity contribution in [3.05, 3.63) is 18.1 Å². The lowest BCUT2D eigenvalue weighted by Crippen LogP contribution is -2.53. The molecular formula is C14H21N6O5P. The van der Waals surface area contributed by atoms with Gasteiger partial charge >= 0.3 is 7.82 Å². The van der Waals surface area contributed by atoms with Gasteiger partial charge in [-0.2, -0.15) is 9.61 Å². The Balaban J connectivity index is 1.68. The lowest BCUT2D eigenvalue weighted by molar-refractivity contribution is -0.0629. The number of nitrogens with two attached hydrogens (primary N) is 2. The monoisotopic (exact) mass is 384 g/mol. The summed E-state index contributed by atoms with van der Waals surface area (Å²) in [6.07, 6.45) is 0.813. The number of hydrogen-bond donors (Lipinski definition) is 2. The minimum absolute atomic E-state index is 0.0499. The highest BCUT2D eigenvalue weighted by molar-refractivity contribution is 7.48. The van der Waals surface area contributed by atoms with Gasteiger partial charge in [0.05, 0.1) is 24.4 Å². The predicted octanol–water partition coefficient (Wildman–Crippen LogP) is 0.812. The van der Waals surface area contributed by atoms with E-state index in [4.69, 9.17) is 29.8 Å². The van der Waals surface area contributed by atoms with Crippen LogP contribution in [0.5, 0.6) is 0 Å². The van der Waals surface area contributed by atoms with Crippen molar-refractivity contribution in [2.75, 3.05) is 12.3 Å². The second-order valence-corrected chi connectivity index (χ2v) is 8.49. The van der Waals surface area contributed by atoms with Gasteiger partial charge in [-0.25, -0.2) is 14.5 Å². The molecule has 12 heteroatoms. The topological polar surface area (TPSA) is 149 Å². The van der Waals surface area contributed by atoms with Crippen molar-refractivity contribution in [3.63, 3.8) is 0 Å². The molecule has 26 heavy (non-hydrogen) atoms. The summed E-state index contributed by atoms with van der Waals surface area (Å²) in [4.78, 5) is 8.12. The highest BCUT2D eigenvalue weighted by Gasteiger charge is 2.59. The molecule has 2 aromatic rings. The molecular weight excluding hydrogens is 363 g/mol. The molecule has 11 nitrogen and oxygen atoms in total. The molecule has 2 aliphatic heterocycles. The fraction of sp³-hybridized carbons (Fsp3) is 0.643. The van der Waals surface area contributed by atoms with Gasteiger partial charge in [-0.1, -0.05) is 0 Å². The summed E-state index contributed by atoms with van der Waals surface area (Å²) in [5.41, 5.74) is 12.5. The maximum Gasteiger partial charge on any atom is 0.475 e. The highest BCUT2D eigenvalue weighted by atomic mass is 31.2. The third-order valence-corrected chi connectivity index (χ3v) is 6.08. The van der Waals surface area contributed by atoms with Crippen LogP contribution in [0.4, 0.5) is 5.95 Å². The Labute approximate surface area is 149 Å². The number of phosphoric ester groups is 1. The number of phosphoric acid groups is 1. The number of fused-ring (bicyclic) bond motifs is 2. The Bertz CT molecular complexity index is 886. The molecule has 0 aromatic carbocycles. The minimum atomic E-state index is -3.71. The van der Waals surface area contributed by atoms with Crippen LogP contribution in [0.3, 0.4) is 0 Å². The van der Waals surface area contributed by atoms with Gasteiger partial charge in [0.1, 0.15) is 24.6 Å². The Morgan fingerprint density at radius 1 is 1.46 bits per heavy atom. The molecule has 2 saturated heterocycles. The number of nitrogens with zero attached hydrogens (tertiary/aromatic N) is 4. The van der Waals surface area contributed by atoms with Gasteiger partial charge in [0.15, 0.2) is 5.65 Å². The Morgan fingerprint density at radius 2 is 2.23 bits per heavy atom. The Morgan fingerprint density at radius 3 is 2.96 bits per heavy atom. The fourth-order valence-corrected chi connectivity index (χ4v) is 5.00. The smallest absolute Gasteiger partial charge is 0.368 e. The maximum atomic E-state index is 12.7. The Kier molecular flexibility index (Phi) is 4.07. The molecule has 4 rings (SSSR count). The van der Waals surface area contributed by atoms with Crippen LogP contribution < -0.4 is 11.5 Å². The molecule has 0 saturated carbocycles. The summed E-state index contributed by atoms with van der Waals surface area (Å²) in [6.45, 7) is 5.31. The van der Waals surface area contributed by atoms with E-state index in [2.05, 4.69) is 15.1 Å². The van der Waals surface area contributed by atoms with Gasteiger partial charge in [-0.15, -0.1) is 0 Å². The predicted molar refractivity (Wildman–Crippen MR) is 90.1 cm³/mol. The van der Waals surface area contributed by atoms with E-state index in [0.717, 1.165) is 0 Å². The second kappa shape index (κ2) is 5.95. The third-order valence-electron chi connectivity index (χ3n) is 4.45. The molecule has 2 aliphatic rings. The quantitative estimate of drug-likeness (QED) is 0.728. The number of rotatable bonds is 3. The first kappa shape index (κ1) is 17.8. The zero-order valence-corrected chi connectivity index (χ0v) is 15.5. The van der Waals surface area contributed by atoms with Crippen LogP contribution in [0.15, 0.2) is 12.5 Å². The number of hydrogen-bond acceptors (Lipinski definition) is 10. The minimum Gasteiger partial charge on any atom is -0.368 e. The second-order valence-electron chi connectivity index (χ2n) is 6.91. The van der Waals surface area contributed by atoms with Crippen LogP contribution in [0.1, 0.15) is 32.4 Å². The normalized spacial score (nSPS) is 37.3. The van der Waals surface area contributed by atoms with E-state index in [-0.39, 0.29) is 18.7 Å². The summed E-state index contributed by atoms with van der Waals surface area (Å²) in [7, 11) is -3.71. The van der Waals surface area contributed by atoms with Crippen molar-refractivity contribution in [1.82, 2.24) is 19.6 Å². The molecule has 2 aromatic heterocycles. The van der Waals surface area contributed by atoms with Crippen molar-refractivity contribution < 1.29 is 22.9 Å². The summed E-state index contributed by atoms with van der Waals surface area (Å²) in [5, 5.41) is 4.19. The summed E-state index contributed by atoms with van der Waals surface area (Å²) >= 11 is 0. The zero-order valence-electron chi connectivity index (χ0n) is 14.6. The molecule has 5 atom stereocenters. The van der Waals surface area contributed by atoms with E-state index in [1.807, 2.05) is 0 Å². The van der Waals surface area contributed by atoms with Crippen LogP contribution >= 0.6 is 7.82 Å². The van der Waals surface area contributed by atoms with Crippen molar-refractivity contribution in [1.29, 1.82) is 0 Å². The Hall–Kier alpha value is -1.62. The summed E-state index contributed by atoms with van der Waals surface area (Å²) in [6, 6.07) is 0. The van der Waals surface area contributed by atoms with Crippen LogP contribution in [0.25, 0.3) is 5.65 Å². The maximum absolute atomic E-state index is 12.7. The fourth-order valence-electron chi connectivity index (χ4n) is 3.34. The average molecular weight is 384 g/mol. The van der Waals surface area contributed by atoms with Crippen molar-refractivity contribution >= 4 is 19.4 Å². The molecule has 0 amide bonds. The van der Waals surface area contributed by atoms with Gasteiger partial charge in [-0.05, 0) is 20.8 Å². The summed E-state index contributed by atoms with van der Waals surface area (Å²) in [5.74, 6) is 0.199. The van der Waals surface area contributed by atoms with Gasteiger partial charge in [0, 0.05) is 5.56 Å². The average Bonchev–Trinajstić information content (AvgIpc) is 3.07. The third kappa shape index (κ3) is 2.72. The summed E-state index contributed by atoms with van der Waals surface area (Å²) < 4.78 is 36.5. The number of nitrogen functional groups attached to an aromatic ring is 1. The lowest BCUT2D eigenvalue weighted by Gasteiger charge is -2.36. The van der Waals surface area contributed by atoms with Gasteiger partial charge in [0.25, 0.3) is 0 Å². The van der Waals surface area contributed by atoms with Crippen molar-refractivity contribution in [2.45, 2.75) is 50.7 Å². The van der Waals surface area contributed by atoms with Crippen LogP contribution in [0.2, 0.25) is 0 Å². The van der Waals surface area contributed by atoms with Gasteiger partial charge in [0.2, 0.25) is 5.95 Å². The first-order valence-corrected chi connectivity index (χ1v) is 9.67. The molecule has 0 spiro atoms. The van der Waals surface area contributed by atoms with E-state index in [1.54, 1.807) is 27.0 Å². The number of anilines is 1. The van der Waals surface area contributed by atoms with E-state index >= 15 is 0 Å². The molecule has 0 aliphatic carbocycles. The molecule has 1 unspecified atom stereocenters. The van der Waals surface area contributed by atoms with Gasteiger partial charge < -0.3 is 16.2 Å². The van der Waals surface area contributed by atoms with Crippen LogP contribution in [-0.2, 0) is 22.9 Å². The molecule has 4 heterocycles. The number of ether oxygens (including phenoxy) is 1. The molecule has 142 valence electrons. The van der Waals surface area contributed by atoms with E-state index in [0.29, 0.717) is 11.2 Å². The SMILES string of the molecule is CC(C)OP1(=O)OC[C@H]2O[C@@H](c3cnn4c(N)ncnc34)[C@](C)(N)[C@@H]2O1. The highest BCUT2D eigenvalue weighted by Crippen LogP contribution is 2.59. The zero-order chi connectivity index (χ0) is 18.7. The van der Waals surface area contributed by atoms with Crippen LogP contribution in [0, 0.1) is 0 Å². The van der Waals surface area contributed by atoms with E-state index < -0.39 is 31.7 Å².